The third-order valence-electron chi connectivity index (χ3n) is 3.94. The number of nitrogens with one attached hydrogen (secondary N) is 2. The second kappa shape index (κ2) is 11.4. The van der Waals surface area contributed by atoms with E-state index in [0.717, 1.165) is 11.6 Å². The molecule has 160 valence electrons. The van der Waals surface area contributed by atoms with Crippen molar-refractivity contribution >= 4 is 35.0 Å². The van der Waals surface area contributed by atoms with Crippen molar-refractivity contribution < 1.29 is 23.5 Å². The van der Waals surface area contributed by atoms with E-state index >= 15 is 0 Å². The molecule has 2 rings (SSSR count). The summed E-state index contributed by atoms with van der Waals surface area (Å²) in [6.07, 6.45) is 0.406. The van der Waals surface area contributed by atoms with Crippen molar-refractivity contribution in [3.05, 3.63) is 70.1 Å². The molecular formula is C21H21Cl2FN2O4. The zero-order valence-electron chi connectivity index (χ0n) is 16.3. The lowest BCUT2D eigenvalue weighted by atomic mass is 10.2. The Labute approximate surface area is 184 Å². The van der Waals surface area contributed by atoms with E-state index in [4.69, 9.17) is 32.7 Å². The molecule has 2 aromatic rings. The van der Waals surface area contributed by atoms with Crippen molar-refractivity contribution in [1.82, 2.24) is 10.6 Å². The molecule has 0 aromatic heterocycles. The van der Waals surface area contributed by atoms with Gasteiger partial charge in [0.05, 0.1) is 17.2 Å². The van der Waals surface area contributed by atoms with Crippen LogP contribution in [0.15, 0.2) is 48.7 Å². The van der Waals surface area contributed by atoms with Gasteiger partial charge in [-0.1, -0.05) is 35.8 Å². The highest BCUT2D eigenvalue weighted by Gasteiger charge is 2.09. The summed E-state index contributed by atoms with van der Waals surface area (Å²) >= 11 is 11.6. The molecule has 0 bridgehead atoms. The van der Waals surface area contributed by atoms with E-state index < -0.39 is 11.7 Å². The van der Waals surface area contributed by atoms with Crippen LogP contribution in [0.2, 0.25) is 10.0 Å². The van der Waals surface area contributed by atoms with Crippen LogP contribution in [0.5, 0.6) is 11.5 Å². The Bertz CT molecular complexity index is 937. The highest BCUT2D eigenvalue weighted by molar-refractivity contribution is 6.32. The first-order chi connectivity index (χ1) is 14.3. The van der Waals surface area contributed by atoms with Gasteiger partial charge in [0.25, 0.3) is 5.91 Å². The lowest BCUT2D eigenvalue weighted by Crippen LogP contribution is -2.29. The minimum atomic E-state index is -0.637. The number of carbonyl (C=O) groups is 2. The van der Waals surface area contributed by atoms with Gasteiger partial charge in [0.1, 0.15) is 17.3 Å². The van der Waals surface area contributed by atoms with Crippen molar-refractivity contribution in [2.24, 2.45) is 0 Å². The summed E-state index contributed by atoms with van der Waals surface area (Å²) in [4.78, 5) is 23.9. The predicted molar refractivity (Wildman–Crippen MR) is 113 cm³/mol. The van der Waals surface area contributed by atoms with Crippen molar-refractivity contribution in [2.45, 2.75) is 19.4 Å². The summed E-state index contributed by atoms with van der Waals surface area (Å²) in [7, 11) is 1.53. The second-order valence-corrected chi connectivity index (χ2v) is 7.08. The Morgan fingerprint density at radius 1 is 1.07 bits per heavy atom. The van der Waals surface area contributed by atoms with Crippen LogP contribution in [0.4, 0.5) is 4.39 Å². The quantitative estimate of drug-likeness (QED) is 0.562. The fraction of sp³-hybridized carbons (Fsp3) is 0.238. The molecule has 0 saturated carbocycles. The maximum absolute atomic E-state index is 13.3. The largest absolute Gasteiger partial charge is 0.495 e. The Kier molecular flexibility index (Phi) is 8.95. The zero-order valence-corrected chi connectivity index (χ0v) is 17.8. The molecule has 0 heterocycles. The van der Waals surface area contributed by atoms with E-state index in [1.807, 2.05) is 0 Å². The van der Waals surface area contributed by atoms with Gasteiger partial charge in [-0.2, -0.15) is 0 Å². The maximum atomic E-state index is 13.3. The third kappa shape index (κ3) is 7.57. The number of halogens is 3. The number of ether oxygens (including phenoxy) is 2. The van der Waals surface area contributed by atoms with Gasteiger partial charge in [0.2, 0.25) is 5.91 Å². The monoisotopic (exact) mass is 454 g/mol. The summed E-state index contributed by atoms with van der Waals surface area (Å²) in [6, 6.07) is 9.12. The Hall–Kier alpha value is -2.77. The van der Waals surface area contributed by atoms with E-state index in [2.05, 4.69) is 17.2 Å². The normalized spacial score (nSPS) is 10.3. The van der Waals surface area contributed by atoms with Crippen LogP contribution in [0.1, 0.15) is 18.4 Å². The van der Waals surface area contributed by atoms with Gasteiger partial charge in [-0.15, -0.1) is 0 Å². The number of hydrogen-bond donors (Lipinski definition) is 2. The number of rotatable bonds is 10. The second-order valence-electron chi connectivity index (χ2n) is 6.26. The van der Waals surface area contributed by atoms with Crippen LogP contribution in [0, 0.1) is 5.82 Å². The van der Waals surface area contributed by atoms with Crippen LogP contribution in [0.3, 0.4) is 0 Å². The van der Waals surface area contributed by atoms with Crippen LogP contribution in [-0.4, -0.2) is 25.5 Å². The van der Waals surface area contributed by atoms with Gasteiger partial charge < -0.3 is 20.1 Å². The SMILES string of the molecule is C=C(CCC(=O)NCc1ccc(OC)c(Cl)c1)NC(=O)COc1ccc(Cl)c(F)c1. The Morgan fingerprint density at radius 3 is 2.50 bits per heavy atom. The predicted octanol–water partition coefficient (Wildman–Crippen LogP) is 4.25. The van der Waals surface area contributed by atoms with Crippen molar-refractivity contribution in [2.75, 3.05) is 13.7 Å². The Morgan fingerprint density at radius 2 is 1.83 bits per heavy atom. The molecule has 0 atom stereocenters. The summed E-state index contributed by atoms with van der Waals surface area (Å²) in [6.45, 7) is 3.70. The molecule has 0 spiro atoms. The minimum Gasteiger partial charge on any atom is -0.495 e. The fourth-order valence-corrected chi connectivity index (χ4v) is 2.78. The molecule has 9 heteroatoms. The maximum Gasteiger partial charge on any atom is 0.262 e. The lowest BCUT2D eigenvalue weighted by molar-refractivity contribution is -0.123. The zero-order chi connectivity index (χ0) is 22.1. The van der Waals surface area contributed by atoms with Crippen molar-refractivity contribution in [3.63, 3.8) is 0 Å². The first-order valence-corrected chi connectivity index (χ1v) is 9.68. The molecule has 0 radical (unpaired) electrons. The molecule has 0 aliphatic carbocycles. The Balaban J connectivity index is 1.67. The molecule has 0 aliphatic heterocycles. The van der Waals surface area contributed by atoms with Crippen LogP contribution in [0.25, 0.3) is 0 Å². The summed E-state index contributed by atoms with van der Waals surface area (Å²) in [5.74, 6) is -0.574. The average molecular weight is 455 g/mol. The van der Waals surface area contributed by atoms with E-state index in [9.17, 15) is 14.0 Å². The molecule has 2 aromatic carbocycles. The standard InChI is InChI=1S/C21H21Cl2FN2O4/c1-13(26-21(28)12-30-15-5-6-16(22)18(24)10-15)3-8-20(27)25-11-14-4-7-19(29-2)17(23)9-14/h4-7,9-10H,1,3,8,11-12H2,2H3,(H,25,27)(H,26,28). The molecule has 2 amide bonds. The van der Waals surface area contributed by atoms with Gasteiger partial charge >= 0.3 is 0 Å². The highest BCUT2D eigenvalue weighted by atomic mass is 35.5. The summed E-state index contributed by atoms with van der Waals surface area (Å²) in [5, 5.41) is 5.73. The van der Waals surface area contributed by atoms with Gasteiger partial charge in [0, 0.05) is 24.7 Å². The third-order valence-corrected chi connectivity index (χ3v) is 4.54. The average Bonchev–Trinajstić information content (AvgIpc) is 2.71. The van der Waals surface area contributed by atoms with Crippen LogP contribution < -0.4 is 20.1 Å². The number of methoxy groups -OCH3 is 1. The number of hydrogen-bond acceptors (Lipinski definition) is 4. The first kappa shape index (κ1) is 23.5. The summed E-state index contributed by atoms with van der Waals surface area (Å²) < 4.78 is 23.6. The van der Waals surface area contributed by atoms with Crippen LogP contribution in [-0.2, 0) is 16.1 Å². The van der Waals surface area contributed by atoms with E-state index in [1.165, 1.54) is 19.2 Å². The topological polar surface area (TPSA) is 76.7 Å². The number of amides is 2. The highest BCUT2D eigenvalue weighted by Crippen LogP contribution is 2.24. The minimum absolute atomic E-state index is 0.0338. The number of allylic oxidation sites excluding steroid dienone is 1. The van der Waals surface area contributed by atoms with E-state index in [-0.39, 0.29) is 36.1 Å². The molecule has 0 saturated heterocycles. The van der Waals surface area contributed by atoms with Crippen molar-refractivity contribution in [1.29, 1.82) is 0 Å². The van der Waals surface area contributed by atoms with Crippen molar-refractivity contribution in [3.8, 4) is 11.5 Å². The van der Waals surface area contributed by atoms with E-state index in [1.54, 1.807) is 18.2 Å². The van der Waals surface area contributed by atoms with Gasteiger partial charge in [-0.25, -0.2) is 4.39 Å². The van der Waals surface area contributed by atoms with E-state index in [0.29, 0.717) is 23.0 Å². The number of benzene rings is 2. The van der Waals surface area contributed by atoms with Crippen LogP contribution >= 0.6 is 23.2 Å². The summed E-state index contributed by atoms with van der Waals surface area (Å²) in [5.41, 5.74) is 1.20. The molecule has 0 fully saturated rings. The molecular weight excluding hydrogens is 434 g/mol. The fourth-order valence-electron chi connectivity index (χ4n) is 2.38. The smallest absolute Gasteiger partial charge is 0.262 e. The lowest BCUT2D eigenvalue weighted by Gasteiger charge is -2.11. The molecule has 30 heavy (non-hydrogen) atoms. The molecule has 6 nitrogen and oxygen atoms in total. The molecule has 2 N–H and O–H groups in total. The van der Waals surface area contributed by atoms with Gasteiger partial charge in [-0.05, 0) is 36.2 Å². The molecule has 0 unspecified atom stereocenters. The molecule has 0 aliphatic rings. The van der Waals surface area contributed by atoms with Gasteiger partial charge in [0.15, 0.2) is 6.61 Å². The number of carbonyl (C=O) groups excluding carboxylic acids is 2. The first-order valence-electron chi connectivity index (χ1n) is 8.93. The van der Waals surface area contributed by atoms with Gasteiger partial charge in [-0.3, -0.25) is 9.59 Å².